The molecule has 0 radical (unpaired) electrons. The molecule has 1 N–H and O–H groups in total. The van der Waals surface area contributed by atoms with Crippen LogP contribution in [0.15, 0.2) is 18.5 Å². The maximum Gasteiger partial charge on any atom is 0.265 e. The number of rotatable bonds is 3. The Hall–Kier alpha value is -1.82. The highest BCUT2D eigenvalue weighted by molar-refractivity contribution is 7.14. The molecule has 0 aromatic carbocycles. The molecule has 0 fully saturated rings. The molecule has 1 aliphatic rings. The summed E-state index contributed by atoms with van der Waals surface area (Å²) < 4.78 is 7.36. The van der Waals surface area contributed by atoms with Gasteiger partial charge in [-0.3, -0.25) is 4.79 Å². The first-order chi connectivity index (χ1) is 9.67. The second-order valence-corrected chi connectivity index (χ2v) is 6.22. The number of imidazole rings is 1. The highest BCUT2D eigenvalue weighted by Crippen LogP contribution is 2.28. The standard InChI is InChI=1S/C14H17N3O2S/c1-9-7-11(19-2)13(20-9)14(18)16-10-3-4-12-15-5-6-17(12)8-10/h5-7,10H,3-4,8H2,1-2H3,(H,16,18)/t10-/m1/s1. The Balaban J connectivity index is 1.71. The zero-order valence-corrected chi connectivity index (χ0v) is 12.4. The topological polar surface area (TPSA) is 56.1 Å². The number of nitrogens with zero attached hydrogens (tertiary/aromatic N) is 2. The van der Waals surface area contributed by atoms with Gasteiger partial charge in [-0.15, -0.1) is 11.3 Å². The fourth-order valence-corrected chi connectivity index (χ4v) is 3.42. The molecule has 0 unspecified atom stereocenters. The first-order valence-corrected chi connectivity index (χ1v) is 7.44. The summed E-state index contributed by atoms with van der Waals surface area (Å²) in [5.74, 6) is 1.71. The molecule has 1 atom stereocenters. The summed E-state index contributed by atoms with van der Waals surface area (Å²) in [6, 6.07) is 2.05. The first kappa shape index (κ1) is 13.2. The van der Waals surface area contributed by atoms with Gasteiger partial charge in [-0.25, -0.2) is 4.98 Å². The number of carbonyl (C=O) groups excluding carboxylic acids is 1. The van der Waals surface area contributed by atoms with E-state index >= 15 is 0 Å². The number of hydrogen-bond acceptors (Lipinski definition) is 4. The van der Waals surface area contributed by atoms with Crippen LogP contribution in [0.3, 0.4) is 0 Å². The Morgan fingerprint density at radius 2 is 2.45 bits per heavy atom. The zero-order valence-electron chi connectivity index (χ0n) is 11.5. The number of ether oxygens (including phenoxy) is 1. The summed E-state index contributed by atoms with van der Waals surface area (Å²) in [5, 5.41) is 3.10. The van der Waals surface area contributed by atoms with Crippen molar-refractivity contribution in [3.63, 3.8) is 0 Å². The number of carbonyl (C=O) groups is 1. The third-order valence-corrected chi connectivity index (χ3v) is 4.55. The highest BCUT2D eigenvalue weighted by Gasteiger charge is 2.23. The van der Waals surface area contributed by atoms with Crippen LogP contribution in [0.2, 0.25) is 0 Å². The monoisotopic (exact) mass is 291 g/mol. The molecule has 1 aliphatic heterocycles. The Labute approximate surface area is 121 Å². The molecule has 1 amide bonds. The van der Waals surface area contributed by atoms with Crippen LogP contribution in [-0.4, -0.2) is 28.6 Å². The van der Waals surface area contributed by atoms with Gasteiger partial charge in [0.25, 0.3) is 5.91 Å². The second kappa shape index (κ2) is 5.28. The maximum absolute atomic E-state index is 12.4. The normalized spacial score (nSPS) is 17.6. The minimum atomic E-state index is -0.0477. The predicted octanol–water partition coefficient (Wildman–Crippen LogP) is 2.01. The van der Waals surface area contributed by atoms with E-state index in [0.717, 1.165) is 30.1 Å². The van der Waals surface area contributed by atoms with Crippen LogP contribution in [0.1, 0.15) is 26.8 Å². The van der Waals surface area contributed by atoms with Crippen molar-refractivity contribution in [2.24, 2.45) is 0 Å². The largest absolute Gasteiger partial charge is 0.495 e. The van der Waals surface area contributed by atoms with E-state index in [9.17, 15) is 4.79 Å². The van der Waals surface area contributed by atoms with Gasteiger partial charge in [0, 0.05) is 36.3 Å². The molecule has 20 heavy (non-hydrogen) atoms. The number of hydrogen-bond donors (Lipinski definition) is 1. The summed E-state index contributed by atoms with van der Waals surface area (Å²) in [7, 11) is 1.59. The van der Waals surface area contributed by atoms with Gasteiger partial charge in [0.15, 0.2) is 0 Å². The van der Waals surface area contributed by atoms with E-state index < -0.39 is 0 Å². The summed E-state index contributed by atoms with van der Waals surface area (Å²) in [5.41, 5.74) is 0. The summed E-state index contributed by atoms with van der Waals surface area (Å²) in [4.78, 5) is 18.4. The van der Waals surface area contributed by atoms with Crippen molar-refractivity contribution in [1.29, 1.82) is 0 Å². The van der Waals surface area contributed by atoms with Crippen molar-refractivity contribution in [2.75, 3.05) is 7.11 Å². The van der Waals surface area contributed by atoms with Gasteiger partial charge in [0.2, 0.25) is 0 Å². The number of nitrogens with one attached hydrogen (secondary N) is 1. The number of amides is 1. The van der Waals surface area contributed by atoms with Crippen LogP contribution in [0, 0.1) is 6.92 Å². The fraction of sp³-hybridized carbons (Fsp3) is 0.429. The van der Waals surface area contributed by atoms with Gasteiger partial charge in [-0.1, -0.05) is 0 Å². The third-order valence-electron chi connectivity index (χ3n) is 3.52. The van der Waals surface area contributed by atoms with Crippen molar-refractivity contribution in [2.45, 2.75) is 32.4 Å². The average Bonchev–Trinajstić information content (AvgIpc) is 3.03. The number of fused-ring (bicyclic) bond motifs is 1. The molecule has 0 aliphatic carbocycles. The Kier molecular flexibility index (Phi) is 3.48. The number of thiophene rings is 1. The lowest BCUT2D eigenvalue weighted by atomic mass is 10.1. The minimum absolute atomic E-state index is 0.0477. The van der Waals surface area contributed by atoms with Crippen molar-refractivity contribution >= 4 is 17.2 Å². The van der Waals surface area contributed by atoms with Crippen molar-refractivity contribution < 1.29 is 9.53 Å². The zero-order chi connectivity index (χ0) is 14.1. The second-order valence-electron chi connectivity index (χ2n) is 4.96. The maximum atomic E-state index is 12.4. The van der Waals surface area contributed by atoms with Crippen LogP contribution >= 0.6 is 11.3 Å². The molecule has 106 valence electrons. The molecular formula is C14H17N3O2S. The molecule has 5 nitrogen and oxygen atoms in total. The quantitative estimate of drug-likeness (QED) is 0.941. The minimum Gasteiger partial charge on any atom is -0.495 e. The van der Waals surface area contributed by atoms with Crippen LogP contribution in [-0.2, 0) is 13.0 Å². The molecule has 0 saturated carbocycles. The predicted molar refractivity (Wildman–Crippen MR) is 77.4 cm³/mol. The Bertz CT molecular complexity index is 632. The first-order valence-electron chi connectivity index (χ1n) is 6.62. The van der Waals surface area contributed by atoms with Crippen molar-refractivity contribution in [3.05, 3.63) is 34.0 Å². The molecular weight excluding hydrogens is 274 g/mol. The van der Waals surface area contributed by atoms with Crippen LogP contribution in [0.4, 0.5) is 0 Å². The average molecular weight is 291 g/mol. The van der Waals surface area contributed by atoms with E-state index in [1.54, 1.807) is 7.11 Å². The van der Waals surface area contributed by atoms with E-state index in [0.29, 0.717) is 10.6 Å². The third kappa shape index (κ3) is 2.43. The lowest BCUT2D eigenvalue weighted by Gasteiger charge is -2.24. The van der Waals surface area contributed by atoms with E-state index in [1.165, 1.54) is 11.3 Å². The van der Waals surface area contributed by atoms with Crippen LogP contribution in [0.5, 0.6) is 5.75 Å². The van der Waals surface area contributed by atoms with E-state index in [1.807, 2.05) is 25.4 Å². The highest BCUT2D eigenvalue weighted by atomic mass is 32.1. The summed E-state index contributed by atoms with van der Waals surface area (Å²) >= 11 is 1.47. The molecule has 3 rings (SSSR count). The van der Waals surface area contributed by atoms with Gasteiger partial charge in [0.1, 0.15) is 16.5 Å². The summed E-state index contributed by atoms with van der Waals surface area (Å²) in [6.45, 7) is 2.76. The lowest BCUT2D eigenvalue weighted by molar-refractivity contribution is 0.0929. The van der Waals surface area contributed by atoms with Gasteiger partial charge in [-0.2, -0.15) is 0 Å². The van der Waals surface area contributed by atoms with E-state index in [4.69, 9.17) is 4.74 Å². The van der Waals surface area contributed by atoms with E-state index in [2.05, 4.69) is 14.9 Å². The van der Waals surface area contributed by atoms with Crippen LogP contribution < -0.4 is 10.1 Å². The molecule has 2 aromatic heterocycles. The number of aryl methyl sites for hydroxylation is 2. The molecule has 3 heterocycles. The molecule has 0 spiro atoms. The SMILES string of the molecule is COc1cc(C)sc1C(=O)N[C@@H]1CCc2nccn2C1. The Morgan fingerprint density at radius 3 is 3.25 bits per heavy atom. The van der Waals surface area contributed by atoms with Gasteiger partial charge < -0.3 is 14.6 Å². The summed E-state index contributed by atoms with van der Waals surface area (Å²) in [6.07, 6.45) is 5.60. The van der Waals surface area contributed by atoms with Gasteiger partial charge >= 0.3 is 0 Å². The smallest absolute Gasteiger partial charge is 0.265 e. The lowest BCUT2D eigenvalue weighted by Crippen LogP contribution is -2.40. The van der Waals surface area contributed by atoms with Crippen molar-refractivity contribution in [3.8, 4) is 5.75 Å². The Morgan fingerprint density at radius 1 is 1.60 bits per heavy atom. The number of methoxy groups -OCH3 is 1. The molecule has 0 saturated heterocycles. The molecule has 0 bridgehead atoms. The van der Waals surface area contributed by atoms with Gasteiger partial charge in [0.05, 0.1) is 7.11 Å². The van der Waals surface area contributed by atoms with Crippen molar-refractivity contribution in [1.82, 2.24) is 14.9 Å². The molecule has 2 aromatic rings. The van der Waals surface area contributed by atoms with Crippen LogP contribution in [0.25, 0.3) is 0 Å². The molecule has 6 heteroatoms. The van der Waals surface area contributed by atoms with E-state index in [-0.39, 0.29) is 11.9 Å². The fourth-order valence-electron chi connectivity index (χ4n) is 2.54. The number of aromatic nitrogens is 2. The van der Waals surface area contributed by atoms with Gasteiger partial charge in [-0.05, 0) is 19.4 Å².